The highest BCUT2D eigenvalue weighted by Gasteiger charge is 2.22. The van der Waals surface area contributed by atoms with Gasteiger partial charge in [0.1, 0.15) is 0 Å². The molecule has 0 fully saturated rings. The molecule has 3 heteroatoms. The van der Waals surface area contributed by atoms with Crippen molar-refractivity contribution >= 4 is 51.2 Å². The highest BCUT2D eigenvalue weighted by atomic mass is 15.2. The molecule has 0 bridgehead atoms. The first-order valence-corrected chi connectivity index (χ1v) is 44.1. The zero-order chi connectivity index (χ0) is 86.5. The molecule has 0 spiro atoms. The highest BCUT2D eigenvalue weighted by Crippen LogP contribution is 2.47. The predicted octanol–water partition coefficient (Wildman–Crippen LogP) is 35.5. The van der Waals surface area contributed by atoms with E-state index in [2.05, 4.69) is 579 Å². The number of nitrogens with zero attached hydrogens (tertiary/aromatic N) is 3. The summed E-state index contributed by atoms with van der Waals surface area (Å²) >= 11 is 0. The average Bonchev–Trinajstić information content (AvgIpc) is 0.782. The van der Waals surface area contributed by atoms with Crippen LogP contribution in [0.4, 0.5) is 51.2 Å². The van der Waals surface area contributed by atoms with E-state index < -0.39 is 0 Å². The largest absolute Gasteiger partial charge is 0.311 e. The molecule has 0 heterocycles. The number of anilines is 9. The fourth-order valence-corrected chi connectivity index (χ4v) is 17.1. The van der Waals surface area contributed by atoms with Crippen LogP contribution in [-0.2, 0) is 0 Å². The summed E-state index contributed by atoms with van der Waals surface area (Å²) in [5.41, 5.74) is 39.0. The maximum absolute atomic E-state index is 2.38. The summed E-state index contributed by atoms with van der Waals surface area (Å²) in [4.78, 5) is 7.06. The first kappa shape index (κ1) is 81.7. The third-order valence-electron chi connectivity index (χ3n) is 23.7. The summed E-state index contributed by atoms with van der Waals surface area (Å²) in [6.07, 6.45) is 0. The predicted molar refractivity (Wildman–Crippen MR) is 549 cm³/mol. The Labute approximate surface area is 758 Å². The van der Waals surface area contributed by atoms with Crippen LogP contribution in [-0.4, -0.2) is 0 Å². The van der Waals surface area contributed by atoms with Gasteiger partial charge in [-0.25, -0.2) is 0 Å². The molecule has 3 nitrogen and oxygen atoms in total. The van der Waals surface area contributed by atoms with Gasteiger partial charge in [0.05, 0.1) is 5.69 Å². The second kappa shape index (κ2) is 39.7. The van der Waals surface area contributed by atoms with Crippen LogP contribution in [0.1, 0.15) is 0 Å². The highest BCUT2D eigenvalue weighted by molar-refractivity contribution is 5.94. The van der Waals surface area contributed by atoms with E-state index in [9.17, 15) is 0 Å². The van der Waals surface area contributed by atoms with E-state index in [-0.39, 0.29) is 0 Å². The van der Waals surface area contributed by atoms with Crippen LogP contribution < -0.4 is 14.7 Å². The quantitative estimate of drug-likeness (QED) is 0.0710. The molecule has 129 heavy (non-hydrogen) atoms. The van der Waals surface area contributed by atoms with Gasteiger partial charge < -0.3 is 14.7 Å². The van der Waals surface area contributed by atoms with E-state index in [0.29, 0.717) is 0 Å². The first-order valence-electron chi connectivity index (χ1n) is 44.1. The minimum absolute atomic E-state index is 1.11. The van der Waals surface area contributed by atoms with E-state index in [1.165, 1.54) is 134 Å². The van der Waals surface area contributed by atoms with Crippen molar-refractivity contribution < 1.29 is 0 Å². The smallest absolute Gasteiger partial charge is 0.0540 e. The lowest BCUT2D eigenvalue weighted by molar-refractivity contribution is 1.28. The molecule has 0 aromatic heterocycles. The van der Waals surface area contributed by atoms with Crippen molar-refractivity contribution in [3.8, 4) is 134 Å². The van der Waals surface area contributed by atoms with Crippen LogP contribution in [0.15, 0.2) is 564 Å². The second-order valence-corrected chi connectivity index (χ2v) is 31.9. The molecule has 0 amide bonds. The molecule has 0 atom stereocenters. The topological polar surface area (TPSA) is 9.72 Å². The summed E-state index contributed by atoms with van der Waals surface area (Å²) in [7, 11) is 0. The Kier molecular flexibility index (Phi) is 25.1. The van der Waals surface area contributed by atoms with Gasteiger partial charge in [0.2, 0.25) is 0 Å². The van der Waals surface area contributed by atoms with Crippen molar-refractivity contribution in [1.82, 2.24) is 0 Å². The molecular weight excluding hydrogens is 1560 g/mol. The molecule has 21 aromatic carbocycles. The third kappa shape index (κ3) is 19.2. The Morgan fingerprint density at radius 3 is 0.512 bits per heavy atom. The second-order valence-electron chi connectivity index (χ2n) is 31.9. The summed E-state index contributed by atoms with van der Waals surface area (Å²) in [5.74, 6) is 0. The zero-order valence-corrected chi connectivity index (χ0v) is 71.5. The van der Waals surface area contributed by atoms with Crippen LogP contribution >= 0.6 is 0 Å². The Bertz CT molecular complexity index is 6870. The maximum atomic E-state index is 2.38. The molecule has 0 unspecified atom stereocenters. The van der Waals surface area contributed by atoms with Gasteiger partial charge in [-0.15, -0.1) is 0 Å². The van der Waals surface area contributed by atoms with Gasteiger partial charge in [0.25, 0.3) is 0 Å². The van der Waals surface area contributed by atoms with Crippen molar-refractivity contribution in [2.24, 2.45) is 0 Å². The lowest BCUT2D eigenvalue weighted by atomic mass is 9.93. The fourth-order valence-electron chi connectivity index (χ4n) is 17.1. The first-order chi connectivity index (χ1) is 64.0. The van der Waals surface area contributed by atoms with Crippen molar-refractivity contribution in [2.45, 2.75) is 0 Å². The minimum atomic E-state index is 1.11. The van der Waals surface area contributed by atoms with E-state index in [1.54, 1.807) is 0 Å². The van der Waals surface area contributed by atoms with Crippen LogP contribution in [0, 0.1) is 0 Å². The van der Waals surface area contributed by atoms with Gasteiger partial charge in [-0.3, -0.25) is 0 Å². The van der Waals surface area contributed by atoms with Crippen molar-refractivity contribution in [3.63, 3.8) is 0 Å². The average molecular weight is 1650 g/mol. The molecule has 0 radical (unpaired) electrons. The molecule has 21 aromatic rings. The molecule has 21 rings (SSSR count). The van der Waals surface area contributed by atoms with Gasteiger partial charge in [-0.1, -0.05) is 455 Å². The van der Waals surface area contributed by atoms with E-state index in [4.69, 9.17) is 0 Å². The molecule has 0 saturated heterocycles. The van der Waals surface area contributed by atoms with Gasteiger partial charge in [0, 0.05) is 51.1 Å². The number of benzene rings is 21. The fraction of sp³-hybridized carbons (Fsp3) is 0. The number of rotatable bonds is 21. The van der Waals surface area contributed by atoms with E-state index in [0.717, 1.165) is 51.2 Å². The van der Waals surface area contributed by atoms with E-state index in [1.807, 2.05) is 0 Å². The van der Waals surface area contributed by atoms with Crippen LogP contribution in [0.3, 0.4) is 0 Å². The van der Waals surface area contributed by atoms with Gasteiger partial charge in [-0.05, 0) is 237 Å². The standard InChI is InChI=1S/3C42H31N/c1-5-13-32(14-6-1)35-21-26-39(27-22-35)43(40-28-23-36(24-29-40)33-15-7-2-8-16-33)42-30-25-38(34-17-9-3-10-18-34)31-41(42)37-19-11-4-12-20-37;1-5-13-32(14-6-1)34-21-25-38(26-22-34)43(39-27-23-35(24-28-39)33-15-7-2-8-16-33)40-29-30-41(36-17-9-3-10-18-36)42(31-40)37-19-11-4-12-20-37;1-4-12-32(13-5-1)34-20-26-38(27-21-34)43(39-28-22-35(23-29-39)33-14-6-2-7-15-33)40-30-24-37(25-31-40)42-19-11-10-18-41(42)36-16-8-3-9-17-36/h3*1-31H. The summed E-state index contributed by atoms with van der Waals surface area (Å²) in [6, 6.07) is 201. The van der Waals surface area contributed by atoms with Crippen LogP contribution in [0.25, 0.3) is 134 Å². The molecule has 0 aliphatic carbocycles. The molecular formula is C126H93N3. The minimum Gasteiger partial charge on any atom is -0.311 e. The molecule has 612 valence electrons. The summed E-state index contributed by atoms with van der Waals surface area (Å²) in [6.45, 7) is 0. The Morgan fingerprint density at radius 1 is 0.0853 bits per heavy atom. The van der Waals surface area contributed by atoms with Crippen molar-refractivity contribution in [3.05, 3.63) is 564 Å². The van der Waals surface area contributed by atoms with Gasteiger partial charge >= 0.3 is 0 Å². The zero-order valence-electron chi connectivity index (χ0n) is 71.5. The van der Waals surface area contributed by atoms with Crippen molar-refractivity contribution in [2.75, 3.05) is 14.7 Å². The maximum Gasteiger partial charge on any atom is 0.0540 e. The molecule has 0 aliphatic heterocycles. The van der Waals surface area contributed by atoms with Crippen LogP contribution in [0.2, 0.25) is 0 Å². The Morgan fingerprint density at radius 2 is 0.248 bits per heavy atom. The van der Waals surface area contributed by atoms with E-state index >= 15 is 0 Å². The monoisotopic (exact) mass is 1650 g/mol. The molecule has 0 saturated carbocycles. The number of hydrogen-bond donors (Lipinski definition) is 0. The van der Waals surface area contributed by atoms with Crippen LogP contribution in [0.5, 0.6) is 0 Å². The number of hydrogen-bond acceptors (Lipinski definition) is 3. The lowest BCUT2D eigenvalue weighted by Crippen LogP contribution is -2.11. The van der Waals surface area contributed by atoms with Crippen molar-refractivity contribution in [1.29, 1.82) is 0 Å². The Hall–Kier alpha value is -17.0. The normalized spacial score (nSPS) is 10.8. The Balaban J connectivity index is 0.000000126. The lowest BCUT2D eigenvalue weighted by Gasteiger charge is -2.29. The summed E-state index contributed by atoms with van der Waals surface area (Å²) in [5, 5.41) is 0. The molecule has 0 aliphatic rings. The molecule has 0 N–H and O–H groups in total. The van der Waals surface area contributed by atoms with Gasteiger partial charge in [-0.2, -0.15) is 0 Å². The van der Waals surface area contributed by atoms with Gasteiger partial charge in [0.15, 0.2) is 0 Å². The SMILES string of the molecule is c1ccc(-c2ccc(N(c3ccc(-c4ccccc4)cc3)c3ccc(-c4ccccc4)c(-c4ccccc4)c3)cc2)cc1.c1ccc(-c2ccc(N(c3ccc(-c4ccccc4)cc3)c3ccc(-c4ccccc4)cc3-c3ccccc3)cc2)cc1.c1ccc(-c2ccc(N(c3ccc(-c4ccccc4)cc3)c3ccc(-c4ccccc4-c4ccccc4)cc3)cc2)cc1. The summed E-state index contributed by atoms with van der Waals surface area (Å²) < 4.78 is 0. The third-order valence-corrected chi connectivity index (χ3v) is 23.7.